The SMILES string of the molecule is COCCS(=O)(=O)c1ccc(CC(=O)OC)cc1. The van der Waals surface area contributed by atoms with E-state index in [1.54, 1.807) is 12.1 Å². The van der Waals surface area contributed by atoms with Crippen molar-refractivity contribution >= 4 is 15.8 Å². The van der Waals surface area contributed by atoms with E-state index in [1.807, 2.05) is 0 Å². The molecule has 100 valence electrons. The molecule has 0 unspecified atom stereocenters. The molecule has 18 heavy (non-hydrogen) atoms. The molecule has 0 atom stereocenters. The Bertz CT molecular complexity index is 490. The monoisotopic (exact) mass is 272 g/mol. The van der Waals surface area contributed by atoms with E-state index in [0.29, 0.717) is 5.56 Å². The van der Waals surface area contributed by atoms with Crippen LogP contribution in [0.4, 0.5) is 0 Å². The van der Waals surface area contributed by atoms with Gasteiger partial charge < -0.3 is 9.47 Å². The largest absolute Gasteiger partial charge is 0.469 e. The molecule has 6 heteroatoms. The lowest BCUT2D eigenvalue weighted by atomic mass is 10.2. The highest BCUT2D eigenvalue weighted by Crippen LogP contribution is 2.13. The summed E-state index contributed by atoms with van der Waals surface area (Å²) in [6.45, 7) is 0.159. The third-order valence-electron chi connectivity index (χ3n) is 2.41. The zero-order valence-electron chi connectivity index (χ0n) is 10.4. The Labute approximate surface area is 107 Å². The Hall–Kier alpha value is -1.40. The number of hydrogen-bond donors (Lipinski definition) is 0. The summed E-state index contributed by atoms with van der Waals surface area (Å²) < 4.78 is 32.9. The zero-order chi connectivity index (χ0) is 13.6. The second kappa shape index (κ2) is 6.51. The molecule has 0 aromatic heterocycles. The van der Waals surface area contributed by atoms with Crippen molar-refractivity contribution in [3.63, 3.8) is 0 Å². The van der Waals surface area contributed by atoms with E-state index < -0.39 is 9.84 Å². The topological polar surface area (TPSA) is 69.7 Å². The Morgan fingerprint density at radius 2 is 1.78 bits per heavy atom. The quantitative estimate of drug-likeness (QED) is 0.717. The minimum Gasteiger partial charge on any atom is -0.469 e. The number of rotatable bonds is 6. The van der Waals surface area contributed by atoms with Gasteiger partial charge in [-0.15, -0.1) is 0 Å². The van der Waals surface area contributed by atoms with Crippen LogP contribution in [0, 0.1) is 0 Å². The molecule has 0 aliphatic carbocycles. The van der Waals surface area contributed by atoms with E-state index in [2.05, 4.69) is 4.74 Å². The number of hydrogen-bond acceptors (Lipinski definition) is 5. The predicted molar refractivity (Wildman–Crippen MR) is 66.1 cm³/mol. The maximum absolute atomic E-state index is 11.8. The van der Waals surface area contributed by atoms with Crippen LogP contribution in [-0.2, 0) is 30.5 Å². The summed E-state index contributed by atoms with van der Waals surface area (Å²) in [6, 6.07) is 6.19. The third-order valence-corrected chi connectivity index (χ3v) is 4.11. The van der Waals surface area contributed by atoms with Crippen LogP contribution in [0.3, 0.4) is 0 Å². The summed E-state index contributed by atoms with van der Waals surface area (Å²) in [5, 5.41) is 0. The highest BCUT2D eigenvalue weighted by atomic mass is 32.2. The first-order valence-corrected chi connectivity index (χ1v) is 7.02. The summed E-state index contributed by atoms with van der Waals surface area (Å²) in [4.78, 5) is 11.3. The van der Waals surface area contributed by atoms with Gasteiger partial charge in [-0.05, 0) is 17.7 Å². The van der Waals surface area contributed by atoms with Crippen LogP contribution in [0.5, 0.6) is 0 Å². The van der Waals surface area contributed by atoms with Gasteiger partial charge in [0, 0.05) is 7.11 Å². The van der Waals surface area contributed by atoms with Gasteiger partial charge >= 0.3 is 5.97 Å². The number of carbonyl (C=O) groups is 1. The average Bonchev–Trinajstić information content (AvgIpc) is 2.37. The van der Waals surface area contributed by atoms with Gasteiger partial charge in [0.15, 0.2) is 9.84 Å². The molecule has 0 spiro atoms. The van der Waals surface area contributed by atoms with Crippen molar-refractivity contribution in [3.05, 3.63) is 29.8 Å². The lowest BCUT2D eigenvalue weighted by Crippen LogP contribution is -2.11. The standard InChI is InChI=1S/C12H16O5S/c1-16-7-8-18(14,15)11-5-3-10(4-6-11)9-12(13)17-2/h3-6H,7-9H2,1-2H3. The van der Waals surface area contributed by atoms with Gasteiger partial charge in [-0.2, -0.15) is 0 Å². The van der Waals surface area contributed by atoms with Crippen molar-refractivity contribution in [2.24, 2.45) is 0 Å². The van der Waals surface area contributed by atoms with Crippen LogP contribution in [-0.4, -0.2) is 41.0 Å². The van der Waals surface area contributed by atoms with E-state index in [4.69, 9.17) is 4.74 Å². The van der Waals surface area contributed by atoms with Crippen molar-refractivity contribution in [2.75, 3.05) is 26.6 Å². The molecular formula is C12H16O5S. The average molecular weight is 272 g/mol. The summed E-state index contributed by atoms with van der Waals surface area (Å²) >= 11 is 0. The number of esters is 1. The molecule has 0 amide bonds. The van der Waals surface area contributed by atoms with Gasteiger partial charge in [-0.25, -0.2) is 8.42 Å². The van der Waals surface area contributed by atoms with Crippen LogP contribution in [0.1, 0.15) is 5.56 Å². The number of carbonyl (C=O) groups excluding carboxylic acids is 1. The lowest BCUT2D eigenvalue weighted by Gasteiger charge is -2.05. The first-order chi connectivity index (χ1) is 8.49. The molecular weight excluding hydrogens is 256 g/mol. The minimum atomic E-state index is -3.31. The molecule has 1 rings (SSSR count). The summed E-state index contributed by atoms with van der Waals surface area (Å²) in [5.74, 6) is -0.412. The molecule has 1 aromatic carbocycles. The normalized spacial score (nSPS) is 11.2. The van der Waals surface area contributed by atoms with E-state index in [0.717, 1.165) is 0 Å². The van der Waals surface area contributed by atoms with Gasteiger partial charge in [-0.3, -0.25) is 4.79 Å². The highest BCUT2D eigenvalue weighted by Gasteiger charge is 2.14. The van der Waals surface area contributed by atoms with Crippen LogP contribution in [0.25, 0.3) is 0 Å². The summed E-state index contributed by atoms with van der Waals surface area (Å²) in [6.07, 6.45) is 0.134. The van der Waals surface area contributed by atoms with Crippen LogP contribution < -0.4 is 0 Å². The number of methoxy groups -OCH3 is 2. The van der Waals surface area contributed by atoms with E-state index >= 15 is 0 Å². The molecule has 0 bridgehead atoms. The van der Waals surface area contributed by atoms with Crippen LogP contribution >= 0.6 is 0 Å². The fourth-order valence-corrected chi connectivity index (χ4v) is 2.54. The first kappa shape index (κ1) is 14.7. The predicted octanol–water partition coefficient (Wildman–Crippen LogP) is 0.822. The molecule has 0 fully saturated rings. The maximum atomic E-state index is 11.8. The molecule has 0 aliphatic heterocycles. The molecule has 0 heterocycles. The van der Waals surface area contributed by atoms with E-state index in [-0.39, 0.29) is 29.6 Å². The third kappa shape index (κ3) is 4.12. The summed E-state index contributed by atoms with van der Waals surface area (Å²) in [7, 11) is -0.550. The fraction of sp³-hybridized carbons (Fsp3) is 0.417. The summed E-state index contributed by atoms with van der Waals surface area (Å²) in [5.41, 5.74) is 0.715. The van der Waals surface area contributed by atoms with Crippen molar-refractivity contribution in [1.82, 2.24) is 0 Å². The van der Waals surface area contributed by atoms with Gasteiger partial charge in [0.2, 0.25) is 0 Å². The highest BCUT2D eigenvalue weighted by molar-refractivity contribution is 7.91. The van der Waals surface area contributed by atoms with Crippen molar-refractivity contribution in [3.8, 4) is 0 Å². The second-order valence-corrected chi connectivity index (χ2v) is 5.82. The Balaban J connectivity index is 2.79. The molecule has 0 radical (unpaired) electrons. The number of ether oxygens (including phenoxy) is 2. The van der Waals surface area contributed by atoms with Crippen molar-refractivity contribution < 1.29 is 22.7 Å². The lowest BCUT2D eigenvalue weighted by molar-refractivity contribution is -0.139. The second-order valence-electron chi connectivity index (χ2n) is 3.71. The minimum absolute atomic E-state index is 0.0557. The van der Waals surface area contributed by atoms with Gasteiger partial charge in [0.05, 0.1) is 30.8 Å². The van der Waals surface area contributed by atoms with E-state index in [1.165, 1.54) is 26.4 Å². The Morgan fingerprint density at radius 1 is 1.17 bits per heavy atom. The van der Waals surface area contributed by atoms with Gasteiger partial charge in [0.1, 0.15) is 0 Å². The molecule has 0 aliphatic rings. The number of sulfone groups is 1. The van der Waals surface area contributed by atoms with Crippen LogP contribution in [0.2, 0.25) is 0 Å². The van der Waals surface area contributed by atoms with Gasteiger partial charge in [-0.1, -0.05) is 12.1 Å². The zero-order valence-corrected chi connectivity index (χ0v) is 11.2. The first-order valence-electron chi connectivity index (χ1n) is 5.37. The molecule has 1 aromatic rings. The number of benzene rings is 1. The maximum Gasteiger partial charge on any atom is 0.309 e. The Morgan fingerprint density at radius 3 is 2.28 bits per heavy atom. The molecule has 5 nitrogen and oxygen atoms in total. The molecule has 0 saturated carbocycles. The van der Waals surface area contributed by atoms with Crippen molar-refractivity contribution in [1.29, 1.82) is 0 Å². The smallest absolute Gasteiger partial charge is 0.309 e. The molecule has 0 saturated heterocycles. The van der Waals surface area contributed by atoms with Crippen LogP contribution in [0.15, 0.2) is 29.2 Å². The Kier molecular flexibility index (Phi) is 5.30. The van der Waals surface area contributed by atoms with Crippen molar-refractivity contribution in [2.45, 2.75) is 11.3 Å². The molecule has 0 N–H and O–H groups in total. The van der Waals surface area contributed by atoms with E-state index in [9.17, 15) is 13.2 Å². The van der Waals surface area contributed by atoms with Gasteiger partial charge in [0.25, 0.3) is 0 Å². The fourth-order valence-electron chi connectivity index (χ4n) is 1.36.